The molecule has 0 aliphatic heterocycles. The summed E-state index contributed by atoms with van der Waals surface area (Å²) in [6.45, 7) is 4.79. The molecule has 26 heavy (non-hydrogen) atoms. The van der Waals surface area contributed by atoms with Crippen LogP contribution in [0, 0.1) is 0 Å². The molecule has 0 amide bonds. The van der Waals surface area contributed by atoms with Gasteiger partial charge in [-0.05, 0) is 67.4 Å². The van der Waals surface area contributed by atoms with Crippen molar-refractivity contribution in [2.45, 2.75) is 25.7 Å². The summed E-state index contributed by atoms with van der Waals surface area (Å²) >= 11 is 0. The van der Waals surface area contributed by atoms with Crippen molar-refractivity contribution in [2.24, 2.45) is 0 Å². The molecule has 0 fully saturated rings. The lowest BCUT2D eigenvalue weighted by Crippen LogP contribution is -2.25. The third-order valence-corrected chi connectivity index (χ3v) is 6.41. The molecule has 6 rings (SSSR count). The predicted octanol–water partition coefficient (Wildman–Crippen LogP) is 6.87. The van der Waals surface area contributed by atoms with Gasteiger partial charge in [0.25, 0.3) is 0 Å². The highest BCUT2D eigenvalue weighted by molar-refractivity contribution is 6.08. The van der Waals surface area contributed by atoms with E-state index < -0.39 is 0 Å². The Bertz CT molecular complexity index is 1260. The first-order valence-electron chi connectivity index (χ1n) is 9.44. The van der Waals surface area contributed by atoms with Crippen LogP contribution in [-0.2, 0) is 11.8 Å². The molecule has 0 N–H and O–H groups in total. The Hall–Kier alpha value is -2.86. The van der Waals surface area contributed by atoms with Crippen LogP contribution in [0.4, 0.5) is 0 Å². The molecule has 4 aromatic carbocycles. The Morgan fingerprint density at radius 2 is 1.54 bits per heavy atom. The average Bonchev–Trinajstić information content (AvgIpc) is 2.66. The minimum atomic E-state index is -0.0124. The molecule has 4 aromatic rings. The molecular formula is C26H20. The van der Waals surface area contributed by atoms with Gasteiger partial charge in [-0.1, -0.05) is 80.6 Å². The average molecular weight is 332 g/mol. The molecule has 0 nitrogen and oxygen atoms in total. The molecule has 2 aliphatic carbocycles. The van der Waals surface area contributed by atoms with Gasteiger partial charge in [-0.3, -0.25) is 0 Å². The van der Waals surface area contributed by atoms with E-state index >= 15 is 0 Å². The highest BCUT2D eigenvalue weighted by Crippen LogP contribution is 2.52. The monoisotopic (exact) mass is 332 g/mol. The second-order valence-corrected chi connectivity index (χ2v) is 8.17. The Kier molecular flexibility index (Phi) is 2.56. The fourth-order valence-corrected chi connectivity index (χ4v) is 5.31. The molecule has 0 saturated carbocycles. The van der Waals surface area contributed by atoms with E-state index in [9.17, 15) is 0 Å². The van der Waals surface area contributed by atoms with Gasteiger partial charge >= 0.3 is 0 Å². The van der Waals surface area contributed by atoms with E-state index in [2.05, 4.69) is 86.7 Å². The van der Waals surface area contributed by atoms with Crippen LogP contribution in [-0.4, -0.2) is 0 Å². The number of hydrogen-bond acceptors (Lipinski definition) is 0. The quantitative estimate of drug-likeness (QED) is 0.329. The van der Waals surface area contributed by atoms with Gasteiger partial charge in [-0.2, -0.15) is 0 Å². The topological polar surface area (TPSA) is 0 Å². The Morgan fingerprint density at radius 1 is 0.769 bits per heavy atom. The van der Waals surface area contributed by atoms with Crippen LogP contribution in [0.1, 0.15) is 36.1 Å². The van der Waals surface area contributed by atoms with Crippen LogP contribution in [0.5, 0.6) is 0 Å². The normalized spacial score (nSPS) is 16.1. The van der Waals surface area contributed by atoms with Gasteiger partial charge in [0.1, 0.15) is 0 Å². The molecule has 2 aliphatic rings. The largest absolute Gasteiger partial charge is 0.0795 e. The maximum Gasteiger partial charge on any atom is 0.0165 e. The summed E-state index contributed by atoms with van der Waals surface area (Å²) in [6.07, 6.45) is 5.73. The van der Waals surface area contributed by atoms with Gasteiger partial charge in [-0.25, -0.2) is 0 Å². The van der Waals surface area contributed by atoms with Crippen molar-refractivity contribution in [2.75, 3.05) is 0 Å². The van der Waals surface area contributed by atoms with E-state index in [1.165, 1.54) is 54.9 Å². The van der Waals surface area contributed by atoms with Crippen LogP contribution >= 0.6 is 0 Å². The fourth-order valence-electron chi connectivity index (χ4n) is 5.31. The summed E-state index contributed by atoms with van der Waals surface area (Å²) in [7, 11) is 0. The molecule has 0 heteroatoms. The molecule has 0 spiro atoms. The Morgan fingerprint density at radius 3 is 2.42 bits per heavy atom. The lowest BCUT2D eigenvalue weighted by atomic mass is 9.65. The number of fused-ring (bicyclic) bond motifs is 3. The van der Waals surface area contributed by atoms with E-state index in [-0.39, 0.29) is 5.41 Å². The molecular weight excluding hydrogens is 312 g/mol. The minimum absolute atomic E-state index is 0.0124. The Labute approximate surface area is 153 Å². The summed E-state index contributed by atoms with van der Waals surface area (Å²) in [5.74, 6) is 0. The SMILES string of the molecule is CC1(C)c2c(cc3cccc4c3c2C=CC4)-c2cccc3cccc1c23. The molecule has 0 heterocycles. The number of rotatable bonds is 0. The zero-order chi connectivity index (χ0) is 17.5. The van der Waals surface area contributed by atoms with E-state index in [0.29, 0.717) is 0 Å². The molecule has 0 saturated heterocycles. The standard InChI is InChI=1S/C26H20/c1-26(2)22-14-6-10-17-9-4-12-19(24(17)22)21-15-18-11-3-7-16-8-5-13-20(23(16)18)25(21)26/h3-7,9-15H,8H2,1-2H3. The van der Waals surface area contributed by atoms with Gasteiger partial charge in [0.15, 0.2) is 0 Å². The smallest absolute Gasteiger partial charge is 0.0165 e. The first kappa shape index (κ1) is 14.3. The number of benzene rings is 4. The van der Waals surface area contributed by atoms with Crippen LogP contribution in [0.2, 0.25) is 0 Å². The summed E-state index contributed by atoms with van der Waals surface area (Å²) in [4.78, 5) is 0. The second kappa shape index (κ2) is 4.65. The van der Waals surface area contributed by atoms with E-state index in [1.54, 1.807) is 0 Å². The van der Waals surface area contributed by atoms with Crippen molar-refractivity contribution < 1.29 is 0 Å². The highest BCUT2D eigenvalue weighted by Gasteiger charge is 2.36. The summed E-state index contributed by atoms with van der Waals surface area (Å²) < 4.78 is 0. The van der Waals surface area contributed by atoms with Crippen molar-refractivity contribution in [1.29, 1.82) is 0 Å². The number of hydrogen-bond donors (Lipinski definition) is 0. The molecule has 124 valence electrons. The van der Waals surface area contributed by atoms with Gasteiger partial charge < -0.3 is 0 Å². The summed E-state index contributed by atoms with van der Waals surface area (Å²) in [5.41, 5.74) is 8.60. The van der Waals surface area contributed by atoms with Crippen molar-refractivity contribution >= 4 is 27.6 Å². The molecule has 0 aromatic heterocycles. The first-order valence-corrected chi connectivity index (χ1v) is 9.44. The van der Waals surface area contributed by atoms with Gasteiger partial charge in [-0.15, -0.1) is 0 Å². The zero-order valence-corrected chi connectivity index (χ0v) is 15.1. The van der Waals surface area contributed by atoms with Crippen LogP contribution in [0.15, 0.2) is 66.7 Å². The van der Waals surface area contributed by atoms with Crippen LogP contribution in [0.3, 0.4) is 0 Å². The van der Waals surface area contributed by atoms with Crippen molar-refractivity contribution in [1.82, 2.24) is 0 Å². The number of allylic oxidation sites excluding steroid dienone is 1. The third-order valence-electron chi connectivity index (χ3n) is 6.41. The van der Waals surface area contributed by atoms with Gasteiger partial charge in [0, 0.05) is 5.41 Å². The van der Waals surface area contributed by atoms with Crippen molar-refractivity contribution in [3.05, 3.63) is 89.0 Å². The van der Waals surface area contributed by atoms with Crippen molar-refractivity contribution in [3.8, 4) is 11.1 Å². The summed E-state index contributed by atoms with van der Waals surface area (Å²) in [6, 6.07) is 22.7. The Balaban J connectivity index is 1.90. The zero-order valence-electron chi connectivity index (χ0n) is 15.1. The van der Waals surface area contributed by atoms with Crippen LogP contribution < -0.4 is 0 Å². The van der Waals surface area contributed by atoms with Gasteiger partial charge in [0.05, 0.1) is 0 Å². The minimum Gasteiger partial charge on any atom is -0.0795 e. The lowest BCUT2D eigenvalue weighted by molar-refractivity contribution is 0.644. The highest BCUT2D eigenvalue weighted by atomic mass is 14.4. The summed E-state index contributed by atoms with van der Waals surface area (Å²) in [5, 5.41) is 5.59. The second-order valence-electron chi connectivity index (χ2n) is 8.17. The van der Waals surface area contributed by atoms with Crippen LogP contribution in [0.25, 0.3) is 38.7 Å². The van der Waals surface area contributed by atoms with E-state index in [4.69, 9.17) is 0 Å². The maximum atomic E-state index is 2.43. The van der Waals surface area contributed by atoms with E-state index in [1.807, 2.05) is 0 Å². The third kappa shape index (κ3) is 1.60. The van der Waals surface area contributed by atoms with Crippen molar-refractivity contribution in [3.63, 3.8) is 0 Å². The van der Waals surface area contributed by atoms with Gasteiger partial charge in [0.2, 0.25) is 0 Å². The predicted molar refractivity (Wildman–Crippen MR) is 112 cm³/mol. The van der Waals surface area contributed by atoms with E-state index in [0.717, 1.165) is 6.42 Å². The molecule has 0 atom stereocenters. The molecule has 0 bridgehead atoms. The lowest BCUT2D eigenvalue weighted by Gasteiger charge is -2.37. The fraction of sp³-hybridized carbons (Fsp3) is 0.154. The molecule has 0 unspecified atom stereocenters. The first-order chi connectivity index (χ1) is 12.7. The molecule has 0 radical (unpaired) electrons. The maximum absolute atomic E-state index is 2.43.